The van der Waals surface area contributed by atoms with Crippen molar-refractivity contribution in [2.24, 2.45) is 0 Å². The number of amides is 2. The van der Waals surface area contributed by atoms with Crippen molar-refractivity contribution in [1.82, 2.24) is 14.8 Å². The third kappa shape index (κ3) is 2.81. The fourth-order valence-corrected chi connectivity index (χ4v) is 2.56. The SMILES string of the molecule is COc1ccc(-n2cccc2/C=C2\C(=O)NC(=S)N(C)C2=O)cc1. The van der Waals surface area contributed by atoms with Crippen LogP contribution in [0.4, 0.5) is 0 Å². The van der Waals surface area contributed by atoms with Crippen LogP contribution in [0.25, 0.3) is 11.8 Å². The Bertz CT molecular complexity index is 852. The highest BCUT2D eigenvalue weighted by Gasteiger charge is 2.30. The number of carbonyl (C=O) groups is 2. The van der Waals surface area contributed by atoms with Gasteiger partial charge in [-0.2, -0.15) is 0 Å². The Morgan fingerprint density at radius 3 is 2.54 bits per heavy atom. The highest BCUT2D eigenvalue weighted by Crippen LogP contribution is 2.20. The number of nitrogens with zero attached hydrogens (tertiary/aromatic N) is 2. The van der Waals surface area contributed by atoms with Crippen molar-refractivity contribution in [2.75, 3.05) is 14.2 Å². The molecule has 6 nitrogen and oxygen atoms in total. The van der Waals surface area contributed by atoms with Crippen LogP contribution in [0.5, 0.6) is 5.75 Å². The highest BCUT2D eigenvalue weighted by molar-refractivity contribution is 7.80. The lowest BCUT2D eigenvalue weighted by Crippen LogP contribution is -2.52. The molecule has 7 heteroatoms. The minimum Gasteiger partial charge on any atom is -0.497 e. The topological polar surface area (TPSA) is 63.6 Å². The van der Waals surface area contributed by atoms with Gasteiger partial charge in [0, 0.05) is 24.6 Å². The van der Waals surface area contributed by atoms with Crippen LogP contribution in [0.3, 0.4) is 0 Å². The van der Waals surface area contributed by atoms with Crippen LogP contribution in [0, 0.1) is 0 Å². The molecular weight excluding hydrogens is 326 g/mol. The van der Waals surface area contributed by atoms with E-state index in [0.29, 0.717) is 5.69 Å². The second kappa shape index (κ2) is 6.29. The Morgan fingerprint density at radius 2 is 1.88 bits per heavy atom. The fraction of sp³-hybridized carbons (Fsp3) is 0.118. The van der Waals surface area contributed by atoms with Gasteiger partial charge >= 0.3 is 0 Å². The number of benzene rings is 1. The largest absolute Gasteiger partial charge is 0.497 e. The monoisotopic (exact) mass is 341 g/mol. The lowest BCUT2D eigenvalue weighted by molar-refractivity contribution is -0.128. The smallest absolute Gasteiger partial charge is 0.265 e. The molecule has 0 radical (unpaired) electrons. The van der Waals surface area contributed by atoms with E-state index in [4.69, 9.17) is 17.0 Å². The normalized spacial score (nSPS) is 16.5. The van der Waals surface area contributed by atoms with Crippen molar-refractivity contribution in [2.45, 2.75) is 0 Å². The Morgan fingerprint density at radius 1 is 1.17 bits per heavy atom. The number of ether oxygens (including phenoxy) is 1. The quantitative estimate of drug-likeness (QED) is 0.525. The number of thiocarbonyl (C=S) groups is 1. The molecule has 0 aliphatic carbocycles. The molecule has 2 amide bonds. The molecule has 2 aromatic rings. The summed E-state index contributed by atoms with van der Waals surface area (Å²) in [5.41, 5.74) is 1.64. The molecule has 2 heterocycles. The molecule has 1 aromatic heterocycles. The van der Waals surface area contributed by atoms with Crippen molar-refractivity contribution in [3.8, 4) is 11.4 Å². The number of likely N-dealkylation sites (N-methyl/N-ethyl adjacent to an activating group) is 1. The average molecular weight is 341 g/mol. The van der Waals surface area contributed by atoms with Crippen LogP contribution in [-0.2, 0) is 9.59 Å². The van der Waals surface area contributed by atoms with Gasteiger partial charge in [0.25, 0.3) is 11.8 Å². The second-order valence-corrected chi connectivity index (χ2v) is 5.57. The summed E-state index contributed by atoms with van der Waals surface area (Å²) in [5, 5.41) is 2.60. The van der Waals surface area contributed by atoms with E-state index in [0.717, 1.165) is 11.4 Å². The van der Waals surface area contributed by atoms with Crippen LogP contribution in [0.1, 0.15) is 5.69 Å². The summed E-state index contributed by atoms with van der Waals surface area (Å²) < 4.78 is 7.03. The number of hydrogen-bond acceptors (Lipinski definition) is 4. The van der Waals surface area contributed by atoms with E-state index in [1.165, 1.54) is 11.9 Å². The Kier molecular flexibility index (Phi) is 4.18. The number of rotatable bonds is 3. The predicted molar refractivity (Wildman–Crippen MR) is 93.8 cm³/mol. The van der Waals surface area contributed by atoms with Crippen molar-refractivity contribution in [1.29, 1.82) is 0 Å². The molecule has 1 aliphatic rings. The lowest BCUT2D eigenvalue weighted by atomic mass is 10.1. The van der Waals surface area contributed by atoms with Gasteiger partial charge in [-0.1, -0.05) is 0 Å². The van der Waals surface area contributed by atoms with Crippen LogP contribution in [-0.4, -0.2) is 40.6 Å². The van der Waals surface area contributed by atoms with E-state index < -0.39 is 11.8 Å². The number of hydrogen-bond donors (Lipinski definition) is 1. The first-order valence-electron chi connectivity index (χ1n) is 7.18. The molecule has 1 aliphatic heterocycles. The van der Waals surface area contributed by atoms with Crippen LogP contribution >= 0.6 is 12.2 Å². The second-order valence-electron chi connectivity index (χ2n) is 5.18. The summed E-state index contributed by atoms with van der Waals surface area (Å²) in [6, 6.07) is 11.1. The van der Waals surface area contributed by atoms with Gasteiger partial charge in [0.05, 0.1) is 7.11 Å². The Hall–Kier alpha value is -2.93. The zero-order valence-corrected chi connectivity index (χ0v) is 14.0. The van der Waals surface area contributed by atoms with Gasteiger partial charge in [0.1, 0.15) is 11.3 Å². The highest BCUT2D eigenvalue weighted by atomic mass is 32.1. The van der Waals surface area contributed by atoms with E-state index in [9.17, 15) is 9.59 Å². The van der Waals surface area contributed by atoms with E-state index in [1.54, 1.807) is 13.2 Å². The fourth-order valence-electron chi connectivity index (χ4n) is 2.38. The van der Waals surface area contributed by atoms with Gasteiger partial charge in [0.2, 0.25) is 0 Å². The molecule has 1 N–H and O–H groups in total. The summed E-state index contributed by atoms with van der Waals surface area (Å²) in [6.45, 7) is 0. The molecule has 0 bridgehead atoms. The molecule has 122 valence electrons. The third-order valence-electron chi connectivity index (χ3n) is 3.73. The first-order chi connectivity index (χ1) is 11.5. The van der Waals surface area contributed by atoms with Crippen molar-refractivity contribution >= 4 is 35.2 Å². The van der Waals surface area contributed by atoms with E-state index in [-0.39, 0.29) is 10.7 Å². The van der Waals surface area contributed by atoms with Gasteiger partial charge in [-0.05, 0) is 54.7 Å². The minimum atomic E-state index is -0.495. The zero-order valence-electron chi connectivity index (χ0n) is 13.1. The van der Waals surface area contributed by atoms with E-state index in [1.807, 2.05) is 47.2 Å². The summed E-state index contributed by atoms with van der Waals surface area (Å²) in [6.07, 6.45) is 3.41. The molecular formula is C17H15N3O3S. The van der Waals surface area contributed by atoms with Gasteiger partial charge in [-0.25, -0.2) is 0 Å². The molecule has 24 heavy (non-hydrogen) atoms. The van der Waals surface area contributed by atoms with Gasteiger partial charge in [-0.15, -0.1) is 0 Å². The maximum absolute atomic E-state index is 12.3. The van der Waals surface area contributed by atoms with E-state index >= 15 is 0 Å². The first-order valence-corrected chi connectivity index (χ1v) is 7.59. The number of aromatic nitrogens is 1. The van der Waals surface area contributed by atoms with Crippen LogP contribution < -0.4 is 10.1 Å². The standard InChI is InChI=1S/C17H15N3O3S/c1-19-16(22)14(15(21)18-17(19)24)10-12-4-3-9-20(12)11-5-7-13(23-2)8-6-11/h3-10H,1-2H3,(H,18,21,24)/b14-10+. The Labute approximate surface area is 144 Å². The maximum atomic E-state index is 12.3. The number of methoxy groups -OCH3 is 1. The zero-order chi connectivity index (χ0) is 17.3. The molecule has 0 spiro atoms. The minimum absolute atomic E-state index is 0.0413. The van der Waals surface area contributed by atoms with Gasteiger partial charge in [-0.3, -0.25) is 19.8 Å². The molecule has 1 fully saturated rings. The number of nitrogens with one attached hydrogen (secondary N) is 1. The average Bonchev–Trinajstić information content (AvgIpc) is 3.05. The summed E-state index contributed by atoms with van der Waals surface area (Å²) >= 11 is 4.94. The van der Waals surface area contributed by atoms with Crippen molar-refractivity contribution < 1.29 is 14.3 Å². The molecule has 0 saturated carbocycles. The Balaban J connectivity index is 1.99. The molecule has 1 saturated heterocycles. The first kappa shape index (κ1) is 15.9. The number of carbonyl (C=O) groups excluding carboxylic acids is 2. The summed E-state index contributed by atoms with van der Waals surface area (Å²) in [5.74, 6) is -0.167. The molecule has 1 aromatic carbocycles. The maximum Gasteiger partial charge on any atom is 0.265 e. The van der Waals surface area contributed by atoms with Gasteiger partial charge in [0.15, 0.2) is 5.11 Å². The lowest BCUT2D eigenvalue weighted by Gasteiger charge is -2.25. The molecule has 3 rings (SSSR count). The third-order valence-corrected chi connectivity index (χ3v) is 4.10. The van der Waals surface area contributed by atoms with Gasteiger partial charge < -0.3 is 9.30 Å². The van der Waals surface area contributed by atoms with Crippen LogP contribution in [0.15, 0.2) is 48.2 Å². The van der Waals surface area contributed by atoms with Crippen LogP contribution in [0.2, 0.25) is 0 Å². The summed E-state index contributed by atoms with van der Waals surface area (Å²) in [7, 11) is 3.13. The molecule has 0 atom stereocenters. The van der Waals surface area contributed by atoms with Crippen molar-refractivity contribution in [3.63, 3.8) is 0 Å². The predicted octanol–water partition coefficient (Wildman–Crippen LogP) is 1.74. The van der Waals surface area contributed by atoms with E-state index in [2.05, 4.69) is 5.32 Å². The molecule has 0 unspecified atom stereocenters. The van der Waals surface area contributed by atoms with Crippen molar-refractivity contribution in [3.05, 3.63) is 53.9 Å². The summed E-state index contributed by atoms with van der Waals surface area (Å²) in [4.78, 5) is 25.6.